The van der Waals surface area contributed by atoms with E-state index in [9.17, 15) is 9.59 Å². The van der Waals surface area contributed by atoms with Crippen molar-refractivity contribution in [3.05, 3.63) is 68.8 Å². The SMILES string of the molecule is CCc1cc(=O)n(Cc2ccccc2)c2c(C(=O)OC)csc12. The summed E-state index contributed by atoms with van der Waals surface area (Å²) in [5.41, 5.74) is 3.02. The molecule has 0 bridgehead atoms. The van der Waals surface area contributed by atoms with Gasteiger partial charge in [-0.05, 0) is 17.5 Å². The molecule has 4 nitrogen and oxygen atoms in total. The highest BCUT2D eigenvalue weighted by Gasteiger charge is 2.19. The van der Waals surface area contributed by atoms with Crippen LogP contribution in [0.4, 0.5) is 0 Å². The van der Waals surface area contributed by atoms with Gasteiger partial charge < -0.3 is 9.30 Å². The normalized spacial score (nSPS) is 10.9. The third kappa shape index (κ3) is 2.80. The molecule has 0 aliphatic heterocycles. The maximum atomic E-state index is 12.6. The van der Waals surface area contributed by atoms with E-state index in [-0.39, 0.29) is 5.56 Å². The highest BCUT2D eigenvalue weighted by atomic mass is 32.1. The average molecular weight is 327 g/mol. The monoisotopic (exact) mass is 327 g/mol. The molecule has 2 aromatic heterocycles. The third-order valence-electron chi connectivity index (χ3n) is 3.86. The minimum Gasteiger partial charge on any atom is -0.465 e. The second-order valence-corrected chi connectivity index (χ2v) is 6.13. The van der Waals surface area contributed by atoms with Gasteiger partial charge in [-0.2, -0.15) is 0 Å². The van der Waals surface area contributed by atoms with Gasteiger partial charge in [0.25, 0.3) is 5.56 Å². The Morgan fingerprint density at radius 1 is 1.26 bits per heavy atom. The number of pyridine rings is 1. The van der Waals surface area contributed by atoms with E-state index in [1.807, 2.05) is 37.3 Å². The summed E-state index contributed by atoms with van der Waals surface area (Å²) in [7, 11) is 1.36. The van der Waals surface area contributed by atoms with Crippen LogP contribution >= 0.6 is 11.3 Å². The largest absolute Gasteiger partial charge is 0.465 e. The number of thiophene rings is 1. The minimum absolute atomic E-state index is 0.0956. The summed E-state index contributed by atoms with van der Waals surface area (Å²) in [5, 5.41) is 1.77. The predicted octanol–water partition coefficient (Wildman–Crippen LogP) is 3.46. The smallest absolute Gasteiger partial charge is 0.340 e. The van der Waals surface area contributed by atoms with Gasteiger partial charge >= 0.3 is 5.97 Å². The van der Waals surface area contributed by atoms with E-state index in [0.717, 1.165) is 22.2 Å². The number of hydrogen-bond acceptors (Lipinski definition) is 4. The number of aromatic nitrogens is 1. The molecule has 0 fully saturated rings. The topological polar surface area (TPSA) is 48.3 Å². The first-order valence-corrected chi connectivity index (χ1v) is 8.29. The summed E-state index contributed by atoms with van der Waals surface area (Å²) in [6.45, 7) is 2.44. The van der Waals surface area contributed by atoms with Crippen LogP contribution in [0.1, 0.15) is 28.4 Å². The van der Waals surface area contributed by atoms with Crippen molar-refractivity contribution in [1.29, 1.82) is 0 Å². The first-order chi connectivity index (χ1) is 11.2. The molecule has 2 heterocycles. The Morgan fingerprint density at radius 2 is 2.00 bits per heavy atom. The van der Waals surface area contributed by atoms with Gasteiger partial charge in [-0.15, -0.1) is 11.3 Å². The van der Waals surface area contributed by atoms with Crippen molar-refractivity contribution < 1.29 is 9.53 Å². The summed E-state index contributed by atoms with van der Waals surface area (Å²) in [4.78, 5) is 24.7. The fourth-order valence-corrected chi connectivity index (χ4v) is 3.82. The Hall–Kier alpha value is -2.40. The maximum absolute atomic E-state index is 12.6. The number of hydrogen-bond donors (Lipinski definition) is 0. The highest BCUT2D eigenvalue weighted by Crippen LogP contribution is 2.29. The molecule has 1 aromatic carbocycles. The van der Waals surface area contributed by atoms with Gasteiger partial charge in [0.2, 0.25) is 0 Å². The van der Waals surface area contributed by atoms with E-state index in [0.29, 0.717) is 17.6 Å². The van der Waals surface area contributed by atoms with Crippen LogP contribution in [0.3, 0.4) is 0 Å². The second-order valence-electron chi connectivity index (χ2n) is 5.25. The lowest BCUT2D eigenvalue weighted by atomic mass is 10.1. The van der Waals surface area contributed by atoms with Crippen LogP contribution in [0.15, 0.2) is 46.6 Å². The maximum Gasteiger partial charge on any atom is 0.340 e. The number of rotatable bonds is 4. The molecule has 0 saturated heterocycles. The third-order valence-corrected chi connectivity index (χ3v) is 4.90. The molecule has 3 aromatic rings. The van der Waals surface area contributed by atoms with Gasteiger partial charge in [-0.25, -0.2) is 4.79 Å². The first kappa shape index (κ1) is 15.5. The Kier molecular flexibility index (Phi) is 4.30. The van der Waals surface area contributed by atoms with Crippen molar-refractivity contribution in [2.45, 2.75) is 19.9 Å². The zero-order valence-corrected chi connectivity index (χ0v) is 13.9. The van der Waals surface area contributed by atoms with Gasteiger partial charge in [0.15, 0.2) is 0 Å². The van der Waals surface area contributed by atoms with Gasteiger partial charge in [0, 0.05) is 11.4 Å². The number of ether oxygens (including phenoxy) is 1. The molecular weight excluding hydrogens is 310 g/mol. The van der Waals surface area contributed by atoms with Crippen LogP contribution in [0.2, 0.25) is 0 Å². The lowest BCUT2D eigenvalue weighted by molar-refractivity contribution is 0.0603. The molecule has 3 rings (SSSR count). The van der Waals surface area contributed by atoms with E-state index in [1.54, 1.807) is 16.0 Å². The predicted molar refractivity (Wildman–Crippen MR) is 92.3 cm³/mol. The summed E-state index contributed by atoms with van der Waals surface area (Å²) < 4.78 is 7.51. The molecule has 118 valence electrons. The highest BCUT2D eigenvalue weighted by molar-refractivity contribution is 7.17. The molecule has 0 amide bonds. The van der Waals surface area contributed by atoms with E-state index >= 15 is 0 Å². The number of nitrogens with zero attached hydrogens (tertiary/aromatic N) is 1. The fourth-order valence-electron chi connectivity index (χ4n) is 2.69. The average Bonchev–Trinajstić information content (AvgIpc) is 3.02. The molecule has 5 heteroatoms. The molecule has 0 unspecified atom stereocenters. The number of esters is 1. The summed E-state index contributed by atoms with van der Waals surface area (Å²) >= 11 is 1.48. The van der Waals surface area contributed by atoms with Crippen LogP contribution in [0, 0.1) is 0 Å². The molecule has 0 N–H and O–H groups in total. The van der Waals surface area contributed by atoms with Crippen molar-refractivity contribution in [3.8, 4) is 0 Å². The van der Waals surface area contributed by atoms with Crippen molar-refractivity contribution in [2.75, 3.05) is 7.11 Å². The number of aryl methyl sites for hydroxylation is 1. The lowest BCUT2D eigenvalue weighted by Crippen LogP contribution is -2.22. The number of fused-ring (bicyclic) bond motifs is 1. The van der Waals surface area contributed by atoms with Gasteiger partial charge in [0.1, 0.15) is 0 Å². The number of carbonyl (C=O) groups excluding carboxylic acids is 1. The molecule has 0 aliphatic rings. The lowest BCUT2D eigenvalue weighted by Gasteiger charge is -2.11. The molecular formula is C18H17NO3S. The van der Waals surface area contributed by atoms with Crippen LogP contribution in [-0.2, 0) is 17.7 Å². The molecule has 0 atom stereocenters. The van der Waals surface area contributed by atoms with Crippen LogP contribution in [-0.4, -0.2) is 17.6 Å². The van der Waals surface area contributed by atoms with Crippen molar-refractivity contribution in [3.63, 3.8) is 0 Å². The Balaban J connectivity index is 2.27. The summed E-state index contributed by atoms with van der Waals surface area (Å²) in [5.74, 6) is -0.411. The van der Waals surface area contributed by atoms with Crippen molar-refractivity contribution in [2.24, 2.45) is 0 Å². The van der Waals surface area contributed by atoms with Crippen LogP contribution in [0.5, 0.6) is 0 Å². The molecule has 0 radical (unpaired) electrons. The molecule has 0 aliphatic carbocycles. The standard InChI is InChI=1S/C18H17NO3S/c1-3-13-9-15(20)19(10-12-7-5-4-6-8-12)16-14(18(21)22-2)11-23-17(13)16/h4-9,11H,3,10H2,1-2H3. The zero-order valence-electron chi connectivity index (χ0n) is 13.0. The van der Waals surface area contributed by atoms with E-state index in [4.69, 9.17) is 4.74 Å². The van der Waals surface area contributed by atoms with E-state index < -0.39 is 5.97 Å². The van der Waals surface area contributed by atoms with Gasteiger partial charge in [-0.1, -0.05) is 37.3 Å². The van der Waals surface area contributed by atoms with Crippen LogP contribution in [0.25, 0.3) is 10.2 Å². The Morgan fingerprint density at radius 3 is 2.65 bits per heavy atom. The Bertz CT molecular complexity index is 909. The molecule has 0 spiro atoms. The molecule has 23 heavy (non-hydrogen) atoms. The van der Waals surface area contributed by atoms with Gasteiger partial charge in [-0.3, -0.25) is 4.79 Å². The quantitative estimate of drug-likeness (QED) is 0.690. The molecule has 0 saturated carbocycles. The van der Waals surface area contributed by atoms with E-state index in [1.165, 1.54) is 18.4 Å². The summed E-state index contributed by atoms with van der Waals surface area (Å²) in [6, 6.07) is 11.4. The number of carbonyl (C=O) groups is 1. The van der Waals surface area contributed by atoms with Crippen molar-refractivity contribution in [1.82, 2.24) is 4.57 Å². The van der Waals surface area contributed by atoms with Gasteiger partial charge in [0.05, 0.1) is 29.4 Å². The summed E-state index contributed by atoms with van der Waals surface area (Å²) in [6.07, 6.45) is 0.749. The van der Waals surface area contributed by atoms with Crippen molar-refractivity contribution >= 4 is 27.5 Å². The minimum atomic E-state index is -0.411. The fraction of sp³-hybridized carbons (Fsp3) is 0.222. The first-order valence-electron chi connectivity index (χ1n) is 7.41. The number of methoxy groups -OCH3 is 1. The zero-order chi connectivity index (χ0) is 16.4. The van der Waals surface area contributed by atoms with Crippen LogP contribution < -0.4 is 5.56 Å². The van der Waals surface area contributed by atoms with E-state index in [2.05, 4.69) is 0 Å². The number of benzene rings is 1. The Labute approximate surface area is 138 Å². The second kappa shape index (κ2) is 6.38.